The minimum Gasteiger partial charge on any atom is -0.395 e. The average Bonchev–Trinajstić information content (AvgIpc) is 2.80. The Morgan fingerprint density at radius 1 is 1.28 bits per heavy atom. The molecule has 0 aliphatic heterocycles. The van der Waals surface area contributed by atoms with Gasteiger partial charge in [-0.3, -0.25) is 0 Å². The fourth-order valence-electron chi connectivity index (χ4n) is 2.68. The first-order chi connectivity index (χ1) is 8.14. The molecule has 1 saturated carbocycles. The summed E-state index contributed by atoms with van der Waals surface area (Å²) in [6.45, 7) is 3.13. The van der Waals surface area contributed by atoms with Crippen LogP contribution in [-0.4, -0.2) is 11.7 Å². The van der Waals surface area contributed by atoms with Crippen LogP contribution in [0.3, 0.4) is 0 Å². The minimum absolute atomic E-state index is 0.137. The van der Waals surface area contributed by atoms with E-state index in [1.807, 2.05) is 0 Å². The zero-order chi connectivity index (χ0) is 13.8. The first kappa shape index (κ1) is 13.3. The molecule has 1 aromatic carbocycles. The highest BCUT2D eigenvalue weighted by atomic mass is 19.4. The van der Waals surface area contributed by atoms with Crippen molar-refractivity contribution in [3.05, 3.63) is 35.1 Å². The lowest BCUT2D eigenvalue weighted by Crippen LogP contribution is -2.24. The molecule has 0 amide bonds. The molecule has 0 heterocycles. The zero-order valence-corrected chi connectivity index (χ0v) is 10.1. The van der Waals surface area contributed by atoms with Crippen LogP contribution in [0, 0.1) is 11.2 Å². The van der Waals surface area contributed by atoms with Crippen LogP contribution in [0.1, 0.15) is 31.4 Å². The molecular weight excluding hydrogens is 248 g/mol. The maximum absolute atomic E-state index is 13.2. The number of alkyl halides is 3. The van der Waals surface area contributed by atoms with Gasteiger partial charge in [-0.05, 0) is 35.6 Å². The fourth-order valence-corrected chi connectivity index (χ4v) is 2.68. The maximum atomic E-state index is 13.2. The molecule has 1 N–H and O–H groups in total. The SMILES string of the molecule is CC1(C)CC1(CO)c1cc(F)ccc1C(F)(F)F. The highest BCUT2D eigenvalue weighted by Crippen LogP contribution is 2.65. The summed E-state index contributed by atoms with van der Waals surface area (Å²) in [5.74, 6) is -0.714. The third-order valence-corrected chi connectivity index (χ3v) is 3.99. The van der Waals surface area contributed by atoms with E-state index in [2.05, 4.69) is 0 Å². The van der Waals surface area contributed by atoms with E-state index in [0.717, 1.165) is 18.2 Å². The highest BCUT2D eigenvalue weighted by molar-refractivity contribution is 5.44. The van der Waals surface area contributed by atoms with Gasteiger partial charge in [0.25, 0.3) is 0 Å². The molecule has 1 nitrogen and oxygen atoms in total. The van der Waals surface area contributed by atoms with E-state index >= 15 is 0 Å². The molecule has 0 radical (unpaired) electrons. The Morgan fingerprint density at radius 3 is 2.22 bits per heavy atom. The van der Waals surface area contributed by atoms with Gasteiger partial charge < -0.3 is 5.11 Å². The normalized spacial score (nSPS) is 26.2. The molecule has 1 fully saturated rings. The van der Waals surface area contributed by atoms with Crippen LogP contribution in [0.25, 0.3) is 0 Å². The molecule has 0 spiro atoms. The van der Waals surface area contributed by atoms with Crippen LogP contribution in [-0.2, 0) is 11.6 Å². The van der Waals surface area contributed by atoms with Crippen molar-refractivity contribution in [1.82, 2.24) is 0 Å². The topological polar surface area (TPSA) is 20.2 Å². The van der Waals surface area contributed by atoms with E-state index in [9.17, 15) is 22.7 Å². The number of rotatable bonds is 2. The standard InChI is InChI=1S/C13H14F4O/c1-11(2)6-12(11,7-18)10-5-8(14)3-4-9(10)13(15,16)17/h3-5,18H,6-7H2,1-2H3. The van der Waals surface area contributed by atoms with Gasteiger partial charge in [-0.2, -0.15) is 13.2 Å². The fraction of sp³-hybridized carbons (Fsp3) is 0.538. The Kier molecular flexibility index (Phi) is 2.74. The second kappa shape index (κ2) is 3.70. The van der Waals surface area contributed by atoms with Gasteiger partial charge in [0.2, 0.25) is 0 Å². The quantitative estimate of drug-likeness (QED) is 0.809. The molecule has 100 valence electrons. The smallest absolute Gasteiger partial charge is 0.395 e. The van der Waals surface area contributed by atoms with Crippen molar-refractivity contribution in [2.75, 3.05) is 6.61 Å². The summed E-state index contributed by atoms with van der Waals surface area (Å²) in [4.78, 5) is 0. The molecule has 1 aliphatic rings. The van der Waals surface area contributed by atoms with Gasteiger partial charge in [-0.15, -0.1) is 0 Å². The first-order valence-corrected chi connectivity index (χ1v) is 5.62. The van der Waals surface area contributed by atoms with Crippen LogP contribution in [0.2, 0.25) is 0 Å². The predicted octanol–water partition coefficient (Wildman–Crippen LogP) is 3.50. The summed E-state index contributed by atoms with van der Waals surface area (Å²) >= 11 is 0. The van der Waals surface area contributed by atoms with Gasteiger partial charge >= 0.3 is 6.18 Å². The van der Waals surface area contributed by atoms with Crippen LogP contribution in [0.4, 0.5) is 17.6 Å². The molecule has 0 saturated heterocycles. The summed E-state index contributed by atoms with van der Waals surface area (Å²) in [5.41, 5.74) is -2.43. The lowest BCUT2D eigenvalue weighted by atomic mass is 9.85. The van der Waals surface area contributed by atoms with E-state index in [1.165, 1.54) is 0 Å². The Labute approximate surface area is 102 Å². The van der Waals surface area contributed by atoms with Crippen molar-refractivity contribution in [1.29, 1.82) is 0 Å². The lowest BCUT2D eigenvalue weighted by molar-refractivity contribution is -0.138. The van der Waals surface area contributed by atoms with Crippen molar-refractivity contribution >= 4 is 0 Å². The summed E-state index contributed by atoms with van der Waals surface area (Å²) < 4.78 is 52.0. The second-order valence-corrected chi connectivity index (χ2v) is 5.49. The maximum Gasteiger partial charge on any atom is 0.416 e. The van der Waals surface area contributed by atoms with Crippen molar-refractivity contribution in [3.63, 3.8) is 0 Å². The zero-order valence-electron chi connectivity index (χ0n) is 10.1. The molecule has 18 heavy (non-hydrogen) atoms. The third-order valence-electron chi connectivity index (χ3n) is 3.99. The second-order valence-electron chi connectivity index (χ2n) is 5.49. The molecule has 0 bridgehead atoms. The van der Waals surface area contributed by atoms with E-state index in [0.29, 0.717) is 6.42 Å². The summed E-state index contributed by atoms with van der Waals surface area (Å²) in [6.07, 6.45) is -4.12. The third kappa shape index (κ3) is 1.81. The molecule has 1 aromatic rings. The summed E-state index contributed by atoms with van der Waals surface area (Å²) in [6, 6.07) is 2.44. The van der Waals surface area contributed by atoms with E-state index < -0.39 is 35.0 Å². The van der Waals surface area contributed by atoms with Gasteiger partial charge in [-0.25, -0.2) is 4.39 Å². The van der Waals surface area contributed by atoms with Gasteiger partial charge in [0, 0.05) is 5.41 Å². The summed E-state index contributed by atoms with van der Waals surface area (Å²) in [7, 11) is 0. The van der Waals surface area contributed by atoms with E-state index in [-0.39, 0.29) is 5.56 Å². The van der Waals surface area contributed by atoms with Crippen molar-refractivity contribution in [2.45, 2.75) is 31.9 Å². The van der Waals surface area contributed by atoms with Crippen molar-refractivity contribution < 1.29 is 22.7 Å². The Morgan fingerprint density at radius 2 is 1.83 bits per heavy atom. The van der Waals surface area contributed by atoms with Gasteiger partial charge in [0.15, 0.2) is 0 Å². The van der Waals surface area contributed by atoms with Crippen molar-refractivity contribution in [3.8, 4) is 0 Å². The first-order valence-electron chi connectivity index (χ1n) is 5.62. The number of aliphatic hydroxyl groups excluding tert-OH is 1. The summed E-state index contributed by atoms with van der Waals surface area (Å²) in [5, 5.41) is 9.44. The Hall–Kier alpha value is -1.10. The van der Waals surface area contributed by atoms with Crippen LogP contribution in [0.15, 0.2) is 18.2 Å². The number of hydrogen-bond acceptors (Lipinski definition) is 1. The molecule has 1 aliphatic carbocycles. The molecule has 2 rings (SSSR count). The van der Waals surface area contributed by atoms with Gasteiger partial charge in [0.1, 0.15) is 5.82 Å². The lowest BCUT2D eigenvalue weighted by Gasteiger charge is -2.23. The molecule has 0 aromatic heterocycles. The molecule has 5 heteroatoms. The van der Waals surface area contributed by atoms with E-state index in [4.69, 9.17) is 0 Å². The molecule has 1 atom stereocenters. The molecule has 1 unspecified atom stereocenters. The number of hydrogen-bond donors (Lipinski definition) is 1. The highest BCUT2D eigenvalue weighted by Gasteiger charge is 2.63. The monoisotopic (exact) mass is 262 g/mol. The van der Waals surface area contributed by atoms with Crippen LogP contribution < -0.4 is 0 Å². The number of benzene rings is 1. The number of halogens is 4. The predicted molar refractivity (Wildman–Crippen MR) is 58.6 cm³/mol. The van der Waals surface area contributed by atoms with Crippen LogP contribution in [0.5, 0.6) is 0 Å². The van der Waals surface area contributed by atoms with Crippen molar-refractivity contribution in [2.24, 2.45) is 5.41 Å². The largest absolute Gasteiger partial charge is 0.416 e. The Balaban J connectivity index is 2.61. The van der Waals surface area contributed by atoms with Gasteiger partial charge in [0.05, 0.1) is 12.2 Å². The number of aliphatic hydroxyl groups is 1. The Bertz CT molecular complexity index is 478. The van der Waals surface area contributed by atoms with Gasteiger partial charge in [-0.1, -0.05) is 13.8 Å². The minimum atomic E-state index is -4.54. The van der Waals surface area contributed by atoms with E-state index in [1.54, 1.807) is 13.8 Å². The average molecular weight is 262 g/mol. The van der Waals surface area contributed by atoms with Crippen LogP contribution >= 0.6 is 0 Å². The molecular formula is C13H14F4O.